The van der Waals surface area contributed by atoms with E-state index in [9.17, 15) is 4.39 Å². The lowest BCUT2D eigenvalue weighted by atomic mass is 10.1. The third kappa shape index (κ3) is 2.73. The van der Waals surface area contributed by atoms with Gasteiger partial charge in [-0.2, -0.15) is 0 Å². The predicted octanol–water partition coefficient (Wildman–Crippen LogP) is 2.61. The van der Waals surface area contributed by atoms with Crippen LogP contribution in [0.5, 0.6) is 5.75 Å². The second-order valence-electron chi connectivity index (χ2n) is 4.53. The minimum Gasteiger partial charge on any atom is -0.490 e. The number of hydrogen-bond acceptors (Lipinski definition) is 2. The molecular formula is C13H18FNO. The first-order chi connectivity index (χ1) is 7.65. The summed E-state index contributed by atoms with van der Waals surface area (Å²) < 4.78 is 18.8. The molecule has 1 aromatic carbocycles. The summed E-state index contributed by atoms with van der Waals surface area (Å²) in [6.07, 6.45) is 2.38. The van der Waals surface area contributed by atoms with Crippen LogP contribution in [0.2, 0.25) is 0 Å². The molecule has 0 atom stereocenters. The molecule has 1 saturated heterocycles. The Balaban J connectivity index is 1.98. The van der Waals surface area contributed by atoms with Gasteiger partial charge in [0, 0.05) is 13.1 Å². The van der Waals surface area contributed by atoms with Crippen LogP contribution in [0.3, 0.4) is 0 Å². The topological polar surface area (TPSA) is 12.5 Å². The van der Waals surface area contributed by atoms with Gasteiger partial charge in [0.05, 0.1) is 0 Å². The lowest BCUT2D eigenvalue weighted by molar-refractivity contribution is 0.113. The van der Waals surface area contributed by atoms with Gasteiger partial charge in [-0.1, -0.05) is 0 Å². The average Bonchev–Trinajstić information content (AvgIpc) is 2.25. The third-order valence-corrected chi connectivity index (χ3v) is 3.10. The molecule has 1 aliphatic rings. The van der Waals surface area contributed by atoms with Crippen molar-refractivity contribution in [3.8, 4) is 5.75 Å². The zero-order chi connectivity index (χ0) is 11.5. The van der Waals surface area contributed by atoms with Crippen LogP contribution in [0.15, 0.2) is 18.2 Å². The van der Waals surface area contributed by atoms with Gasteiger partial charge in [-0.15, -0.1) is 0 Å². The van der Waals surface area contributed by atoms with Gasteiger partial charge in [-0.25, -0.2) is 4.39 Å². The summed E-state index contributed by atoms with van der Waals surface area (Å²) in [4.78, 5) is 2.30. The highest BCUT2D eigenvalue weighted by atomic mass is 19.1. The van der Waals surface area contributed by atoms with E-state index < -0.39 is 0 Å². The minimum absolute atomic E-state index is 0.201. The van der Waals surface area contributed by atoms with Gasteiger partial charge in [0.25, 0.3) is 0 Å². The lowest BCUT2D eigenvalue weighted by Crippen LogP contribution is -2.35. The standard InChI is InChI=1S/C13H18FNO/c1-10-9-11(14)3-4-13(10)16-12-5-7-15(2)8-6-12/h3-4,9,12H,5-8H2,1-2H3. The first-order valence-electron chi connectivity index (χ1n) is 5.76. The molecule has 0 N–H and O–H groups in total. The van der Waals surface area contributed by atoms with Gasteiger partial charge in [0.2, 0.25) is 0 Å². The van der Waals surface area contributed by atoms with Crippen LogP contribution in [0.1, 0.15) is 18.4 Å². The van der Waals surface area contributed by atoms with Gasteiger partial charge in [0.15, 0.2) is 0 Å². The number of rotatable bonds is 2. The van der Waals surface area contributed by atoms with E-state index in [4.69, 9.17) is 4.74 Å². The fourth-order valence-corrected chi connectivity index (χ4v) is 2.03. The van der Waals surface area contributed by atoms with E-state index in [2.05, 4.69) is 11.9 Å². The summed E-state index contributed by atoms with van der Waals surface area (Å²) in [5, 5.41) is 0. The number of piperidine rings is 1. The second kappa shape index (κ2) is 4.83. The first kappa shape index (κ1) is 11.4. The number of aryl methyl sites for hydroxylation is 1. The lowest BCUT2D eigenvalue weighted by Gasteiger charge is -2.29. The van der Waals surface area contributed by atoms with E-state index in [-0.39, 0.29) is 11.9 Å². The maximum atomic E-state index is 12.9. The van der Waals surface area contributed by atoms with Crippen LogP contribution >= 0.6 is 0 Å². The molecule has 1 aromatic rings. The fraction of sp³-hybridized carbons (Fsp3) is 0.538. The first-order valence-corrected chi connectivity index (χ1v) is 5.76. The van der Waals surface area contributed by atoms with Crippen molar-refractivity contribution in [2.45, 2.75) is 25.9 Å². The smallest absolute Gasteiger partial charge is 0.123 e. The molecule has 1 fully saturated rings. The molecular weight excluding hydrogens is 205 g/mol. The summed E-state index contributed by atoms with van der Waals surface area (Å²) in [7, 11) is 2.12. The highest BCUT2D eigenvalue weighted by molar-refractivity contribution is 5.32. The Hall–Kier alpha value is -1.09. The molecule has 0 radical (unpaired) electrons. The molecule has 0 aliphatic carbocycles. The van der Waals surface area contributed by atoms with E-state index in [1.165, 1.54) is 12.1 Å². The van der Waals surface area contributed by atoms with Crippen molar-refractivity contribution in [1.82, 2.24) is 4.90 Å². The predicted molar refractivity (Wildman–Crippen MR) is 62.3 cm³/mol. The maximum Gasteiger partial charge on any atom is 0.123 e. The highest BCUT2D eigenvalue weighted by Crippen LogP contribution is 2.22. The largest absolute Gasteiger partial charge is 0.490 e. The Morgan fingerprint density at radius 1 is 1.31 bits per heavy atom. The number of benzene rings is 1. The Morgan fingerprint density at radius 3 is 2.62 bits per heavy atom. The molecule has 3 heteroatoms. The molecule has 16 heavy (non-hydrogen) atoms. The summed E-state index contributed by atoms with van der Waals surface area (Å²) >= 11 is 0. The second-order valence-corrected chi connectivity index (χ2v) is 4.53. The van der Waals surface area contributed by atoms with Gasteiger partial charge < -0.3 is 9.64 Å². The SMILES string of the molecule is Cc1cc(F)ccc1OC1CCN(C)CC1. The number of ether oxygens (including phenoxy) is 1. The summed E-state index contributed by atoms with van der Waals surface area (Å²) in [6, 6.07) is 4.70. The van der Waals surface area contributed by atoms with Gasteiger partial charge in [-0.3, -0.25) is 0 Å². The molecule has 88 valence electrons. The van der Waals surface area contributed by atoms with Crippen molar-refractivity contribution in [1.29, 1.82) is 0 Å². The Labute approximate surface area is 96.0 Å². The maximum absolute atomic E-state index is 12.9. The minimum atomic E-state index is -0.201. The third-order valence-electron chi connectivity index (χ3n) is 3.10. The summed E-state index contributed by atoms with van der Waals surface area (Å²) in [5.41, 5.74) is 0.874. The Morgan fingerprint density at radius 2 is 2.00 bits per heavy atom. The Kier molecular flexibility index (Phi) is 3.44. The molecule has 2 nitrogen and oxygen atoms in total. The average molecular weight is 223 g/mol. The number of likely N-dealkylation sites (tertiary alicyclic amines) is 1. The van der Waals surface area contributed by atoms with E-state index in [1.807, 2.05) is 6.92 Å². The molecule has 1 heterocycles. The molecule has 0 aromatic heterocycles. The molecule has 0 unspecified atom stereocenters. The summed E-state index contributed by atoms with van der Waals surface area (Å²) in [6.45, 7) is 4.03. The zero-order valence-corrected chi connectivity index (χ0v) is 9.87. The molecule has 0 saturated carbocycles. The molecule has 0 spiro atoms. The normalized spacial score (nSPS) is 18.7. The fourth-order valence-electron chi connectivity index (χ4n) is 2.03. The van der Waals surface area contributed by atoms with E-state index in [0.29, 0.717) is 0 Å². The van der Waals surface area contributed by atoms with Crippen molar-refractivity contribution >= 4 is 0 Å². The number of halogens is 1. The highest BCUT2D eigenvalue weighted by Gasteiger charge is 2.18. The van der Waals surface area contributed by atoms with E-state index in [1.54, 1.807) is 6.07 Å². The van der Waals surface area contributed by atoms with E-state index >= 15 is 0 Å². The van der Waals surface area contributed by atoms with Crippen LogP contribution in [-0.4, -0.2) is 31.1 Å². The van der Waals surface area contributed by atoms with Gasteiger partial charge in [0.1, 0.15) is 17.7 Å². The van der Waals surface area contributed by atoms with Crippen molar-refractivity contribution < 1.29 is 9.13 Å². The Bertz CT molecular complexity index is 359. The van der Waals surface area contributed by atoms with Gasteiger partial charge >= 0.3 is 0 Å². The molecule has 0 amide bonds. The summed E-state index contributed by atoms with van der Waals surface area (Å²) in [5.74, 6) is 0.615. The molecule has 0 bridgehead atoms. The van der Waals surface area contributed by atoms with Crippen molar-refractivity contribution in [2.24, 2.45) is 0 Å². The number of hydrogen-bond donors (Lipinski definition) is 0. The van der Waals surface area contributed by atoms with Gasteiger partial charge in [-0.05, 0) is 50.6 Å². The molecule has 2 rings (SSSR count). The van der Waals surface area contributed by atoms with Crippen molar-refractivity contribution in [2.75, 3.05) is 20.1 Å². The van der Waals surface area contributed by atoms with Crippen molar-refractivity contribution in [3.63, 3.8) is 0 Å². The van der Waals surface area contributed by atoms with E-state index in [0.717, 1.165) is 37.2 Å². The van der Waals surface area contributed by atoms with Crippen LogP contribution in [0.4, 0.5) is 4.39 Å². The van der Waals surface area contributed by atoms with Crippen LogP contribution in [-0.2, 0) is 0 Å². The van der Waals surface area contributed by atoms with Crippen LogP contribution in [0, 0.1) is 12.7 Å². The van der Waals surface area contributed by atoms with Crippen molar-refractivity contribution in [3.05, 3.63) is 29.6 Å². The quantitative estimate of drug-likeness (QED) is 0.764. The zero-order valence-electron chi connectivity index (χ0n) is 9.87. The molecule has 1 aliphatic heterocycles. The van der Waals surface area contributed by atoms with Crippen LogP contribution < -0.4 is 4.74 Å². The van der Waals surface area contributed by atoms with Crippen LogP contribution in [0.25, 0.3) is 0 Å². The number of nitrogens with zero attached hydrogens (tertiary/aromatic N) is 1. The monoisotopic (exact) mass is 223 g/mol.